The number of rotatable bonds is 5. The van der Waals surface area contributed by atoms with E-state index in [0.29, 0.717) is 23.6 Å². The topological polar surface area (TPSA) is 67.8 Å². The number of aliphatic hydroxyl groups is 1. The molecule has 1 unspecified atom stereocenters. The first kappa shape index (κ1) is 17.4. The lowest BCUT2D eigenvalue weighted by Gasteiger charge is -2.28. The zero-order valence-electron chi connectivity index (χ0n) is 14.8. The number of amides is 1. The van der Waals surface area contributed by atoms with Crippen LogP contribution in [0.2, 0.25) is 0 Å². The van der Waals surface area contributed by atoms with Crippen LogP contribution in [0.4, 0.5) is 0 Å². The molecule has 1 aromatic heterocycles. The second kappa shape index (κ2) is 6.93. The minimum Gasteiger partial charge on any atom is -0.454 e. The minimum atomic E-state index is -0.449. The van der Waals surface area contributed by atoms with Crippen molar-refractivity contribution in [1.29, 1.82) is 0 Å². The molecule has 1 atom stereocenters. The maximum Gasteiger partial charge on any atom is 0.251 e. The van der Waals surface area contributed by atoms with E-state index in [1.807, 2.05) is 6.07 Å². The van der Waals surface area contributed by atoms with E-state index in [1.165, 1.54) is 17.7 Å². The van der Waals surface area contributed by atoms with Gasteiger partial charge in [0.1, 0.15) is 0 Å². The third kappa shape index (κ3) is 3.19. The lowest BCUT2D eigenvalue weighted by Crippen LogP contribution is -2.38. The van der Waals surface area contributed by atoms with Gasteiger partial charge < -0.3 is 19.9 Å². The lowest BCUT2D eigenvalue weighted by molar-refractivity contribution is 0.0943. The van der Waals surface area contributed by atoms with Crippen molar-refractivity contribution >= 4 is 17.2 Å². The molecule has 1 fully saturated rings. The minimum absolute atomic E-state index is 0.0240. The fourth-order valence-electron chi connectivity index (χ4n) is 3.81. The fraction of sp³-hybridized carbons (Fsp3) is 0.450. The Morgan fingerprint density at radius 2 is 2.00 bits per heavy atom. The van der Waals surface area contributed by atoms with Crippen LogP contribution in [0, 0.1) is 0 Å². The first-order chi connectivity index (χ1) is 12.6. The predicted molar refractivity (Wildman–Crippen MR) is 100.0 cm³/mol. The van der Waals surface area contributed by atoms with E-state index in [9.17, 15) is 9.90 Å². The highest BCUT2D eigenvalue weighted by molar-refractivity contribution is 7.12. The quantitative estimate of drug-likeness (QED) is 0.837. The molecule has 26 heavy (non-hydrogen) atoms. The van der Waals surface area contributed by atoms with Gasteiger partial charge >= 0.3 is 0 Å². The van der Waals surface area contributed by atoms with Gasteiger partial charge in [0.25, 0.3) is 5.91 Å². The standard InChI is InChI=1S/C20H23NO4S/c1-13(22)17-6-7-18(26-17)20(8-2-3-9-20)11-21-19(23)14-4-5-15-16(10-14)25-12-24-15/h4-7,10,13,22H,2-3,8-9,11-12H2,1H3,(H,21,23). The van der Waals surface area contributed by atoms with E-state index < -0.39 is 6.10 Å². The molecule has 2 N–H and O–H groups in total. The zero-order chi connectivity index (χ0) is 18.1. The monoisotopic (exact) mass is 373 g/mol. The number of fused-ring (bicyclic) bond motifs is 1. The highest BCUT2D eigenvalue weighted by Crippen LogP contribution is 2.44. The van der Waals surface area contributed by atoms with Crippen molar-refractivity contribution in [2.24, 2.45) is 0 Å². The molecule has 5 nitrogen and oxygen atoms in total. The van der Waals surface area contributed by atoms with Crippen LogP contribution in [0.15, 0.2) is 30.3 Å². The normalized spacial score (nSPS) is 18.7. The molecule has 6 heteroatoms. The van der Waals surface area contributed by atoms with Crippen LogP contribution < -0.4 is 14.8 Å². The molecule has 2 aliphatic rings. The summed E-state index contributed by atoms with van der Waals surface area (Å²) in [5, 5.41) is 12.9. The van der Waals surface area contributed by atoms with Crippen LogP contribution in [0.1, 0.15) is 58.8 Å². The average Bonchev–Trinajstić information content (AvgIpc) is 3.39. The fourth-order valence-corrected chi connectivity index (χ4v) is 5.00. The Hall–Kier alpha value is -2.05. The number of carbonyl (C=O) groups is 1. The van der Waals surface area contributed by atoms with Gasteiger partial charge in [-0.15, -0.1) is 11.3 Å². The summed E-state index contributed by atoms with van der Waals surface area (Å²) < 4.78 is 10.7. The van der Waals surface area contributed by atoms with Crippen molar-refractivity contribution in [3.63, 3.8) is 0 Å². The summed E-state index contributed by atoms with van der Waals surface area (Å²) >= 11 is 1.66. The third-order valence-corrected chi connectivity index (χ3v) is 6.85. The van der Waals surface area contributed by atoms with E-state index in [2.05, 4.69) is 11.4 Å². The van der Waals surface area contributed by atoms with Crippen molar-refractivity contribution in [2.75, 3.05) is 13.3 Å². The van der Waals surface area contributed by atoms with Gasteiger partial charge in [-0.25, -0.2) is 0 Å². The SMILES string of the molecule is CC(O)c1ccc(C2(CNC(=O)c3ccc4c(c3)OCO4)CCCC2)s1. The van der Waals surface area contributed by atoms with Gasteiger partial charge in [0.05, 0.1) is 6.10 Å². The molecule has 0 saturated heterocycles. The van der Waals surface area contributed by atoms with E-state index in [1.54, 1.807) is 36.5 Å². The third-order valence-electron chi connectivity index (χ3n) is 5.34. The first-order valence-corrected chi connectivity index (χ1v) is 9.85. The number of hydrogen-bond donors (Lipinski definition) is 2. The Bertz CT molecular complexity index is 808. The smallest absolute Gasteiger partial charge is 0.251 e. The molecule has 0 bridgehead atoms. The second-order valence-electron chi connectivity index (χ2n) is 7.12. The van der Waals surface area contributed by atoms with Crippen molar-refractivity contribution in [3.05, 3.63) is 45.6 Å². The van der Waals surface area contributed by atoms with Crippen LogP contribution in [0.5, 0.6) is 11.5 Å². The van der Waals surface area contributed by atoms with Gasteiger partial charge in [0.15, 0.2) is 11.5 Å². The number of carbonyl (C=O) groups excluding carboxylic acids is 1. The summed E-state index contributed by atoms with van der Waals surface area (Å²) in [6.45, 7) is 2.60. The number of hydrogen-bond acceptors (Lipinski definition) is 5. The molecule has 2 aromatic rings. The zero-order valence-corrected chi connectivity index (χ0v) is 15.6. The summed E-state index contributed by atoms with van der Waals surface area (Å²) in [5.74, 6) is 1.20. The van der Waals surface area contributed by atoms with Crippen LogP contribution in [0.3, 0.4) is 0 Å². The van der Waals surface area contributed by atoms with E-state index in [4.69, 9.17) is 9.47 Å². The van der Waals surface area contributed by atoms with Gasteiger partial charge in [-0.05, 0) is 50.1 Å². The highest BCUT2D eigenvalue weighted by atomic mass is 32.1. The molecule has 1 aromatic carbocycles. The number of aliphatic hydroxyl groups excluding tert-OH is 1. The van der Waals surface area contributed by atoms with Gasteiger partial charge in [-0.2, -0.15) is 0 Å². The van der Waals surface area contributed by atoms with Crippen molar-refractivity contribution in [3.8, 4) is 11.5 Å². The second-order valence-corrected chi connectivity index (χ2v) is 8.23. The number of thiophene rings is 1. The molecule has 1 aliphatic heterocycles. The number of nitrogens with one attached hydrogen (secondary N) is 1. The van der Waals surface area contributed by atoms with Gasteiger partial charge in [0.2, 0.25) is 6.79 Å². The summed E-state index contributed by atoms with van der Waals surface area (Å²) in [6.07, 6.45) is 4.02. The number of benzene rings is 1. The predicted octanol–water partition coefficient (Wildman–Crippen LogP) is 3.77. The van der Waals surface area contributed by atoms with E-state index >= 15 is 0 Å². The molecular formula is C20H23NO4S. The molecular weight excluding hydrogens is 350 g/mol. The summed E-state index contributed by atoms with van der Waals surface area (Å²) in [7, 11) is 0. The van der Waals surface area contributed by atoms with Crippen molar-refractivity contribution < 1.29 is 19.4 Å². The highest BCUT2D eigenvalue weighted by Gasteiger charge is 2.37. The average molecular weight is 373 g/mol. The summed E-state index contributed by atoms with van der Waals surface area (Å²) in [5.41, 5.74) is 0.558. The summed E-state index contributed by atoms with van der Waals surface area (Å²) in [4.78, 5) is 14.9. The molecule has 1 amide bonds. The molecule has 0 radical (unpaired) electrons. The number of ether oxygens (including phenoxy) is 2. The largest absolute Gasteiger partial charge is 0.454 e. The Kier molecular flexibility index (Phi) is 4.63. The molecule has 138 valence electrons. The maximum absolute atomic E-state index is 12.6. The van der Waals surface area contributed by atoms with Gasteiger partial charge in [-0.1, -0.05) is 12.8 Å². The Morgan fingerprint density at radius 1 is 1.23 bits per heavy atom. The Balaban J connectivity index is 1.49. The first-order valence-electron chi connectivity index (χ1n) is 9.04. The summed E-state index contributed by atoms with van der Waals surface area (Å²) in [6, 6.07) is 9.39. The molecule has 1 aliphatic carbocycles. The molecule has 1 saturated carbocycles. The maximum atomic E-state index is 12.6. The van der Waals surface area contributed by atoms with Crippen LogP contribution in [-0.4, -0.2) is 24.4 Å². The molecule has 2 heterocycles. The van der Waals surface area contributed by atoms with Crippen molar-refractivity contribution in [2.45, 2.75) is 44.1 Å². The molecule has 0 spiro atoms. The lowest BCUT2D eigenvalue weighted by atomic mass is 9.84. The van der Waals surface area contributed by atoms with Crippen LogP contribution in [-0.2, 0) is 5.41 Å². The van der Waals surface area contributed by atoms with Crippen molar-refractivity contribution in [1.82, 2.24) is 5.32 Å². The van der Waals surface area contributed by atoms with Gasteiger partial charge in [-0.3, -0.25) is 4.79 Å². The van der Waals surface area contributed by atoms with Crippen LogP contribution in [0.25, 0.3) is 0 Å². The van der Waals surface area contributed by atoms with Crippen LogP contribution >= 0.6 is 11.3 Å². The Labute approximate surface area is 156 Å². The van der Waals surface area contributed by atoms with E-state index in [0.717, 1.165) is 17.7 Å². The van der Waals surface area contributed by atoms with E-state index in [-0.39, 0.29) is 18.1 Å². The van der Waals surface area contributed by atoms with Gasteiger partial charge in [0, 0.05) is 27.3 Å². The molecule has 4 rings (SSSR count). The Morgan fingerprint density at radius 3 is 2.73 bits per heavy atom.